The van der Waals surface area contributed by atoms with Gasteiger partial charge in [0.1, 0.15) is 6.54 Å². The predicted molar refractivity (Wildman–Crippen MR) is 158 cm³/mol. The van der Waals surface area contributed by atoms with E-state index in [1.165, 1.54) is 30.3 Å². The molecule has 10 heteroatoms. The standard InChI is InChI=1S/C29H28Cl2N4O3S/c1-19-12-20(2)14-25(13-19)35-21(3)15-23(22(35)4)17-32-33-29(36)18-34(28-11-10-24(30)16-27(28)31)39(37,38)26-8-6-5-7-9-26/h5-17H,18H2,1-4H3,(H,33,36)/b32-17+. The maximum absolute atomic E-state index is 13.5. The zero-order valence-corrected chi connectivity index (χ0v) is 24.3. The number of carbonyl (C=O) groups is 1. The molecule has 39 heavy (non-hydrogen) atoms. The summed E-state index contributed by atoms with van der Waals surface area (Å²) in [6.45, 7) is 7.55. The van der Waals surface area contributed by atoms with E-state index in [9.17, 15) is 13.2 Å². The predicted octanol–water partition coefficient (Wildman–Crippen LogP) is 6.36. The van der Waals surface area contributed by atoms with Crippen LogP contribution in [0.1, 0.15) is 28.1 Å². The third kappa shape index (κ3) is 6.36. The summed E-state index contributed by atoms with van der Waals surface area (Å²) in [5.41, 5.74) is 8.74. The highest BCUT2D eigenvalue weighted by atomic mass is 35.5. The zero-order chi connectivity index (χ0) is 28.3. The summed E-state index contributed by atoms with van der Waals surface area (Å²) < 4.78 is 30.0. The fourth-order valence-corrected chi connectivity index (χ4v) is 6.46. The molecule has 0 radical (unpaired) electrons. The van der Waals surface area contributed by atoms with Crippen LogP contribution in [0.2, 0.25) is 10.0 Å². The average Bonchev–Trinajstić information content (AvgIpc) is 3.15. The van der Waals surface area contributed by atoms with Gasteiger partial charge in [0.25, 0.3) is 15.9 Å². The molecule has 1 aromatic heterocycles. The summed E-state index contributed by atoms with van der Waals surface area (Å²) in [7, 11) is -4.12. The first kappa shape index (κ1) is 28.4. The Hall–Kier alpha value is -3.59. The number of aryl methyl sites for hydroxylation is 3. The van der Waals surface area contributed by atoms with E-state index in [2.05, 4.69) is 47.1 Å². The van der Waals surface area contributed by atoms with E-state index in [4.69, 9.17) is 23.2 Å². The van der Waals surface area contributed by atoms with Crippen LogP contribution in [-0.4, -0.2) is 31.7 Å². The number of nitrogens with zero attached hydrogens (tertiary/aromatic N) is 3. The molecule has 0 atom stereocenters. The van der Waals surface area contributed by atoms with Gasteiger partial charge in [-0.25, -0.2) is 13.8 Å². The lowest BCUT2D eigenvalue weighted by Crippen LogP contribution is -2.39. The number of anilines is 1. The number of hydrogen-bond donors (Lipinski definition) is 1. The molecule has 0 unspecified atom stereocenters. The highest BCUT2D eigenvalue weighted by Gasteiger charge is 2.28. The molecule has 3 aromatic carbocycles. The summed E-state index contributed by atoms with van der Waals surface area (Å²) in [5.74, 6) is -0.639. The van der Waals surface area contributed by atoms with Gasteiger partial charge in [0.05, 0.1) is 21.8 Å². The summed E-state index contributed by atoms with van der Waals surface area (Å²) in [6.07, 6.45) is 1.55. The first-order valence-electron chi connectivity index (χ1n) is 12.1. The fraction of sp³-hybridized carbons (Fsp3) is 0.172. The Kier molecular flexibility index (Phi) is 8.49. The maximum Gasteiger partial charge on any atom is 0.264 e. The lowest BCUT2D eigenvalue weighted by molar-refractivity contribution is -0.119. The van der Waals surface area contributed by atoms with Crippen LogP contribution in [0, 0.1) is 27.7 Å². The normalized spacial score (nSPS) is 11.6. The van der Waals surface area contributed by atoms with Crippen LogP contribution in [0.15, 0.2) is 82.8 Å². The molecule has 4 aromatic rings. The van der Waals surface area contributed by atoms with Crippen molar-refractivity contribution in [3.05, 3.63) is 111 Å². The van der Waals surface area contributed by atoms with Gasteiger partial charge in [-0.1, -0.05) is 47.5 Å². The minimum Gasteiger partial charge on any atom is -0.318 e. The second-order valence-corrected chi connectivity index (χ2v) is 11.9. The number of aromatic nitrogens is 1. The third-order valence-corrected chi connectivity index (χ3v) is 8.44. The lowest BCUT2D eigenvalue weighted by atomic mass is 10.1. The van der Waals surface area contributed by atoms with Crippen LogP contribution >= 0.6 is 23.2 Å². The van der Waals surface area contributed by atoms with Gasteiger partial charge in [-0.05, 0) is 87.4 Å². The molecule has 0 aliphatic heterocycles. The number of benzene rings is 3. The van der Waals surface area contributed by atoms with Crippen LogP contribution in [0.4, 0.5) is 5.69 Å². The van der Waals surface area contributed by atoms with Crippen LogP contribution in [-0.2, 0) is 14.8 Å². The van der Waals surface area contributed by atoms with E-state index >= 15 is 0 Å². The van der Waals surface area contributed by atoms with Gasteiger partial charge in [0.2, 0.25) is 0 Å². The van der Waals surface area contributed by atoms with Gasteiger partial charge in [-0.2, -0.15) is 5.10 Å². The first-order valence-corrected chi connectivity index (χ1v) is 14.3. The minimum atomic E-state index is -4.12. The topological polar surface area (TPSA) is 83.8 Å². The van der Waals surface area contributed by atoms with Crippen LogP contribution < -0.4 is 9.73 Å². The van der Waals surface area contributed by atoms with Crippen molar-refractivity contribution in [2.45, 2.75) is 32.6 Å². The molecule has 0 bridgehead atoms. The number of rotatable bonds is 8. The second kappa shape index (κ2) is 11.7. The smallest absolute Gasteiger partial charge is 0.264 e. The molecule has 0 saturated heterocycles. The largest absolute Gasteiger partial charge is 0.318 e. The molecule has 1 amide bonds. The Morgan fingerprint density at radius 2 is 1.62 bits per heavy atom. The average molecular weight is 584 g/mol. The molecule has 0 spiro atoms. The molecule has 0 aliphatic rings. The van der Waals surface area contributed by atoms with E-state index in [1.807, 2.05) is 19.9 Å². The summed E-state index contributed by atoms with van der Waals surface area (Å²) >= 11 is 12.3. The van der Waals surface area contributed by atoms with Crippen LogP contribution in [0.25, 0.3) is 5.69 Å². The molecule has 7 nitrogen and oxygen atoms in total. The number of carbonyl (C=O) groups excluding carboxylic acids is 1. The number of halogens is 2. The van der Waals surface area contributed by atoms with Crippen molar-refractivity contribution >= 4 is 51.0 Å². The van der Waals surface area contributed by atoms with E-state index in [0.717, 1.165) is 38.1 Å². The lowest BCUT2D eigenvalue weighted by Gasteiger charge is -2.24. The molecule has 0 aliphatic carbocycles. The molecule has 0 saturated carbocycles. The van der Waals surface area contributed by atoms with Crippen molar-refractivity contribution in [1.29, 1.82) is 0 Å². The molecule has 202 valence electrons. The van der Waals surface area contributed by atoms with Crippen molar-refractivity contribution in [1.82, 2.24) is 9.99 Å². The Morgan fingerprint density at radius 3 is 2.26 bits per heavy atom. The molecular weight excluding hydrogens is 555 g/mol. The number of hydrazone groups is 1. The Morgan fingerprint density at radius 1 is 0.949 bits per heavy atom. The molecule has 4 rings (SSSR count). The quantitative estimate of drug-likeness (QED) is 0.194. The molecule has 1 heterocycles. The maximum atomic E-state index is 13.5. The van der Waals surface area contributed by atoms with Crippen LogP contribution in [0.3, 0.4) is 0 Å². The number of amides is 1. The Bertz CT molecular complexity index is 1650. The number of sulfonamides is 1. The first-order chi connectivity index (χ1) is 18.5. The van der Waals surface area contributed by atoms with Gasteiger partial charge < -0.3 is 4.57 Å². The fourth-order valence-electron chi connectivity index (χ4n) is 4.44. The van der Waals surface area contributed by atoms with Crippen molar-refractivity contribution in [2.75, 3.05) is 10.8 Å². The zero-order valence-electron chi connectivity index (χ0n) is 21.9. The van der Waals surface area contributed by atoms with Crippen molar-refractivity contribution < 1.29 is 13.2 Å². The second-order valence-electron chi connectivity index (χ2n) is 9.22. The molecular formula is C29H28Cl2N4O3S. The third-order valence-electron chi connectivity index (χ3n) is 6.12. The molecule has 0 fully saturated rings. The van der Waals surface area contributed by atoms with Crippen LogP contribution in [0.5, 0.6) is 0 Å². The number of nitrogens with one attached hydrogen (secondary N) is 1. The van der Waals surface area contributed by atoms with Gasteiger partial charge >= 0.3 is 0 Å². The monoisotopic (exact) mass is 582 g/mol. The Balaban J connectivity index is 1.58. The van der Waals surface area contributed by atoms with E-state index < -0.39 is 22.5 Å². The van der Waals surface area contributed by atoms with Crippen molar-refractivity contribution in [3.63, 3.8) is 0 Å². The van der Waals surface area contributed by atoms with Gasteiger partial charge in [-0.3, -0.25) is 9.10 Å². The highest BCUT2D eigenvalue weighted by Crippen LogP contribution is 2.32. The van der Waals surface area contributed by atoms with Crippen molar-refractivity contribution in [2.24, 2.45) is 5.10 Å². The Labute approximate surface area is 238 Å². The number of hydrogen-bond acceptors (Lipinski definition) is 4. The highest BCUT2D eigenvalue weighted by molar-refractivity contribution is 7.92. The SMILES string of the molecule is Cc1cc(C)cc(-n2c(C)cc(/C=N/NC(=O)CN(c3ccc(Cl)cc3Cl)S(=O)(=O)c3ccccc3)c2C)c1. The van der Waals surface area contributed by atoms with Gasteiger partial charge in [0, 0.05) is 27.7 Å². The van der Waals surface area contributed by atoms with Gasteiger partial charge in [0.15, 0.2) is 0 Å². The van der Waals surface area contributed by atoms with E-state index in [0.29, 0.717) is 5.02 Å². The van der Waals surface area contributed by atoms with Crippen molar-refractivity contribution in [3.8, 4) is 5.69 Å². The minimum absolute atomic E-state index is 0.0196. The molecule has 1 N–H and O–H groups in total. The van der Waals surface area contributed by atoms with E-state index in [1.54, 1.807) is 24.4 Å². The van der Waals surface area contributed by atoms with Gasteiger partial charge in [-0.15, -0.1) is 0 Å². The summed E-state index contributed by atoms with van der Waals surface area (Å²) in [4.78, 5) is 12.9. The summed E-state index contributed by atoms with van der Waals surface area (Å²) in [6, 6.07) is 20.5. The summed E-state index contributed by atoms with van der Waals surface area (Å²) in [5, 5.41) is 4.55. The van der Waals surface area contributed by atoms with E-state index in [-0.39, 0.29) is 15.6 Å².